The zero-order valence-corrected chi connectivity index (χ0v) is 10.3. The lowest BCUT2D eigenvalue weighted by molar-refractivity contribution is -0.140. The topological polar surface area (TPSA) is 55.4 Å². The molecule has 1 amide bonds. The van der Waals surface area contributed by atoms with Gasteiger partial charge in [-0.3, -0.25) is 9.59 Å². The van der Waals surface area contributed by atoms with Crippen LogP contribution in [0, 0.1) is 0 Å². The maximum Gasteiger partial charge on any atom is 0.302 e. The number of esters is 1. The van der Waals surface area contributed by atoms with Gasteiger partial charge in [0.25, 0.3) is 0 Å². The monoisotopic (exact) mass is 217 g/mol. The first-order chi connectivity index (χ1) is 7.04. The Morgan fingerprint density at radius 1 is 1.13 bits per heavy atom. The van der Waals surface area contributed by atoms with E-state index >= 15 is 0 Å². The summed E-state index contributed by atoms with van der Waals surface area (Å²) in [5.41, 5.74) is 0. The van der Waals surface area contributed by atoms with Crippen LogP contribution >= 0.6 is 0 Å². The fourth-order valence-electron chi connectivity index (χ4n) is 0.687. The third kappa shape index (κ3) is 24.6. The molecule has 0 atom stereocenters. The molecule has 0 radical (unpaired) electrons. The Balaban J connectivity index is 0. The molecule has 0 spiro atoms. The van der Waals surface area contributed by atoms with Gasteiger partial charge in [-0.1, -0.05) is 20.3 Å². The Bertz CT molecular complexity index is 169. The number of ether oxygens (including phenoxy) is 1. The number of carbonyl (C=O) groups is 2. The molecule has 4 heteroatoms. The number of unbranched alkanes of at least 4 members (excludes halogenated alkanes) is 1. The van der Waals surface area contributed by atoms with Gasteiger partial charge in [-0.25, -0.2) is 0 Å². The van der Waals surface area contributed by atoms with E-state index in [1.54, 1.807) is 0 Å². The SMILES string of the molecule is CCCCNC(C)=O.CCCOC(C)=O. The standard InChI is InChI=1S/C6H13NO.C5H10O2/c1-3-4-5-7-6(2)8;1-3-4-7-5(2)6/h3-5H2,1-2H3,(H,7,8);3-4H2,1-2H3. The van der Waals surface area contributed by atoms with Gasteiger partial charge in [-0.05, 0) is 12.8 Å². The number of hydrogen-bond donors (Lipinski definition) is 1. The van der Waals surface area contributed by atoms with Crippen LogP contribution in [0.5, 0.6) is 0 Å². The second-order valence-corrected chi connectivity index (χ2v) is 3.18. The van der Waals surface area contributed by atoms with E-state index in [0.29, 0.717) is 6.61 Å². The molecule has 0 aliphatic heterocycles. The number of amides is 1. The van der Waals surface area contributed by atoms with E-state index in [1.807, 2.05) is 6.92 Å². The van der Waals surface area contributed by atoms with Gasteiger partial charge in [0.05, 0.1) is 6.61 Å². The second kappa shape index (κ2) is 12.9. The summed E-state index contributed by atoms with van der Waals surface area (Å²) in [7, 11) is 0. The molecule has 0 saturated carbocycles. The molecular weight excluding hydrogens is 194 g/mol. The zero-order valence-electron chi connectivity index (χ0n) is 10.3. The molecule has 4 nitrogen and oxygen atoms in total. The zero-order chi connectivity index (χ0) is 12.1. The molecule has 0 saturated heterocycles. The Kier molecular flexibility index (Phi) is 14.1. The molecule has 90 valence electrons. The summed E-state index contributed by atoms with van der Waals surface area (Å²) in [5.74, 6) is -0.125. The molecular formula is C11H23NO3. The fraction of sp³-hybridized carbons (Fsp3) is 0.818. The molecule has 0 bridgehead atoms. The summed E-state index contributed by atoms with van der Waals surface area (Å²) in [6.45, 7) is 8.39. The third-order valence-corrected chi connectivity index (χ3v) is 1.41. The van der Waals surface area contributed by atoms with Crippen molar-refractivity contribution < 1.29 is 14.3 Å². The molecule has 0 aromatic heterocycles. The van der Waals surface area contributed by atoms with Crippen LogP contribution in [0.15, 0.2) is 0 Å². The van der Waals surface area contributed by atoms with Gasteiger partial charge in [-0.2, -0.15) is 0 Å². The molecule has 0 rings (SSSR count). The third-order valence-electron chi connectivity index (χ3n) is 1.41. The summed E-state index contributed by atoms with van der Waals surface area (Å²) in [5, 5.41) is 2.71. The predicted octanol–water partition coefficient (Wildman–Crippen LogP) is 1.88. The van der Waals surface area contributed by atoms with Crippen molar-refractivity contribution in [1.29, 1.82) is 0 Å². The van der Waals surface area contributed by atoms with Crippen molar-refractivity contribution in [2.75, 3.05) is 13.2 Å². The van der Waals surface area contributed by atoms with Gasteiger partial charge < -0.3 is 10.1 Å². The second-order valence-electron chi connectivity index (χ2n) is 3.18. The van der Waals surface area contributed by atoms with Crippen molar-refractivity contribution in [2.24, 2.45) is 0 Å². The Labute approximate surface area is 92.4 Å². The first-order valence-electron chi connectivity index (χ1n) is 5.42. The van der Waals surface area contributed by atoms with E-state index in [2.05, 4.69) is 17.0 Å². The maximum absolute atomic E-state index is 10.2. The van der Waals surface area contributed by atoms with Gasteiger partial charge in [-0.15, -0.1) is 0 Å². The molecule has 0 aliphatic carbocycles. The van der Waals surface area contributed by atoms with Crippen molar-refractivity contribution in [2.45, 2.75) is 47.0 Å². The highest BCUT2D eigenvalue weighted by Crippen LogP contribution is 1.81. The molecule has 0 aromatic rings. The summed E-state index contributed by atoms with van der Waals surface area (Å²) in [6, 6.07) is 0. The largest absolute Gasteiger partial charge is 0.466 e. The van der Waals surface area contributed by atoms with Crippen molar-refractivity contribution in [3.63, 3.8) is 0 Å². The first-order valence-corrected chi connectivity index (χ1v) is 5.42. The van der Waals surface area contributed by atoms with Crippen molar-refractivity contribution in [3.05, 3.63) is 0 Å². The van der Waals surface area contributed by atoms with E-state index in [4.69, 9.17) is 0 Å². The number of carbonyl (C=O) groups excluding carboxylic acids is 2. The minimum Gasteiger partial charge on any atom is -0.466 e. The summed E-state index contributed by atoms with van der Waals surface area (Å²) < 4.78 is 4.55. The van der Waals surface area contributed by atoms with Crippen molar-refractivity contribution >= 4 is 11.9 Å². The lowest BCUT2D eigenvalue weighted by atomic mass is 10.3. The van der Waals surface area contributed by atoms with Crippen molar-refractivity contribution in [3.8, 4) is 0 Å². The number of hydrogen-bond acceptors (Lipinski definition) is 3. The van der Waals surface area contributed by atoms with Gasteiger partial charge in [0.15, 0.2) is 0 Å². The highest BCUT2D eigenvalue weighted by molar-refractivity contribution is 5.72. The predicted molar refractivity (Wildman–Crippen MR) is 60.5 cm³/mol. The first kappa shape index (κ1) is 16.4. The van der Waals surface area contributed by atoms with Crippen LogP contribution in [0.4, 0.5) is 0 Å². The van der Waals surface area contributed by atoms with E-state index < -0.39 is 0 Å². The Morgan fingerprint density at radius 2 is 1.73 bits per heavy atom. The van der Waals surface area contributed by atoms with Crippen LogP contribution in [0.3, 0.4) is 0 Å². The van der Waals surface area contributed by atoms with Gasteiger partial charge in [0, 0.05) is 20.4 Å². The summed E-state index contributed by atoms with van der Waals surface area (Å²) in [6.07, 6.45) is 3.12. The number of rotatable bonds is 5. The van der Waals surface area contributed by atoms with Crippen LogP contribution < -0.4 is 5.32 Å². The summed E-state index contributed by atoms with van der Waals surface area (Å²) >= 11 is 0. The molecule has 0 unspecified atom stereocenters. The molecule has 15 heavy (non-hydrogen) atoms. The lowest BCUT2D eigenvalue weighted by Crippen LogP contribution is -2.20. The lowest BCUT2D eigenvalue weighted by Gasteiger charge is -1.96. The average molecular weight is 217 g/mol. The van der Waals surface area contributed by atoms with E-state index in [1.165, 1.54) is 13.8 Å². The van der Waals surface area contributed by atoms with Gasteiger partial charge in [0.1, 0.15) is 0 Å². The van der Waals surface area contributed by atoms with Crippen LogP contribution in [0.2, 0.25) is 0 Å². The van der Waals surface area contributed by atoms with Crippen LogP contribution in [0.25, 0.3) is 0 Å². The van der Waals surface area contributed by atoms with E-state index in [9.17, 15) is 9.59 Å². The fourth-order valence-corrected chi connectivity index (χ4v) is 0.687. The smallest absolute Gasteiger partial charge is 0.302 e. The molecule has 1 N–H and O–H groups in total. The van der Waals surface area contributed by atoms with Gasteiger partial charge in [0.2, 0.25) is 5.91 Å². The minimum absolute atomic E-state index is 0.0680. The minimum atomic E-state index is -0.193. The quantitative estimate of drug-likeness (QED) is 0.565. The number of nitrogens with one attached hydrogen (secondary N) is 1. The normalized spacial score (nSPS) is 8.53. The molecule has 0 aliphatic rings. The van der Waals surface area contributed by atoms with Crippen LogP contribution in [0.1, 0.15) is 47.0 Å². The molecule has 0 fully saturated rings. The Morgan fingerprint density at radius 3 is 2.00 bits per heavy atom. The maximum atomic E-state index is 10.2. The van der Waals surface area contributed by atoms with E-state index in [0.717, 1.165) is 25.8 Å². The van der Waals surface area contributed by atoms with Crippen molar-refractivity contribution in [1.82, 2.24) is 5.32 Å². The highest BCUT2D eigenvalue weighted by Gasteiger charge is 1.86. The molecule has 0 heterocycles. The average Bonchev–Trinajstić information content (AvgIpc) is 2.15. The molecule has 0 aromatic carbocycles. The van der Waals surface area contributed by atoms with E-state index in [-0.39, 0.29) is 11.9 Å². The van der Waals surface area contributed by atoms with Crippen LogP contribution in [-0.4, -0.2) is 25.0 Å². The highest BCUT2D eigenvalue weighted by atomic mass is 16.5. The summed E-state index contributed by atoms with van der Waals surface area (Å²) in [4.78, 5) is 20.2. The van der Waals surface area contributed by atoms with Crippen LogP contribution in [-0.2, 0) is 14.3 Å². The van der Waals surface area contributed by atoms with Gasteiger partial charge >= 0.3 is 5.97 Å². The Hall–Kier alpha value is -1.06.